The minimum absolute atomic E-state index is 0.0592. The van der Waals surface area contributed by atoms with Crippen LogP contribution in [-0.2, 0) is 4.57 Å². The quantitative estimate of drug-likeness (QED) is 0.632. The summed E-state index contributed by atoms with van der Waals surface area (Å²) in [4.78, 5) is 0. The molecule has 1 saturated heterocycles. The van der Waals surface area contributed by atoms with E-state index < -0.39 is 0 Å². The monoisotopic (exact) mass is 186 g/mol. The van der Waals surface area contributed by atoms with Gasteiger partial charge in [0.05, 0.1) is 8.46 Å². The van der Waals surface area contributed by atoms with Crippen molar-refractivity contribution in [1.29, 1.82) is 0 Å². The second kappa shape index (κ2) is 3.85. The van der Waals surface area contributed by atoms with Gasteiger partial charge in [0.25, 0.3) is 0 Å². The van der Waals surface area contributed by atoms with Crippen LogP contribution in [0.2, 0.25) is 0 Å². The van der Waals surface area contributed by atoms with Crippen molar-refractivity contribution >= 4 is 8.46 Å². The van der Waals surface area contributed by atoms with Crippen molar-refractivity contribution in [2.24, 2.45) is 11.8 Å². The highest BCUT2D eigenvalue weighted by Crippen LogP contribution is 2.38. The molecule has 0 spiro atoms. The number of fused-ring (bicyclic) bond motifs is 1. The van der Waals surface area contributed by atoms with E-state index >= 15 is 0 Å². The Hall–Kier alpha value is 0.0600. The summed E-state index contributed by atoms with van der Waals surface area (Å²) in [6, 6.07) is 0. The van der Waals surface area contributed by atoms with Crippen molar-refractivity contribution in [2.45, 2.75) is 31.3 Å². The average molecular weight is 186 g/mol. The zero-order valence-electron chi connectivity index (χ0n) is 7.38. The van der Waals surface area contributed by atoms with E-state index in [9.17, 15) is 4.57 Å². The Morgan fingerprint density at radius 3 is 2.92 bits per heavy atom. The molecule has 0 amide bonds. The molecule has 0 bridgehead atoms. The van der Waals surface area contributed by atoms with Crippen LogP contribution >= 0.6 is 8.46 Å². The van der Waals surface area contributed by atoms with Crippen molar-refractivity contribution in [1.82, 2.24) is 5.32 Å². The first-order chi connectivity index (χ1) is 5.90. The van der Waals surface area contributed by atoms with Crippen molar-refractivity contribution in [3.63, 3.8) is 0 Å². The molecule has 1 N–H and O–H groups in total. The van der Waals surface area contributed by atoms with Gasteiger partial charge < -0.3 is 5.32 Å². The normalized spacial score (nSPS) is 42.5. The first-order valence-corrected chi connectivity index (χ1v) is 5.97. The van der Waals surface area contributed by atoms with Crippen LogP contribution in [0.5, 0.6) is 0 Å². The first kappa shape index (κ1) is 8.65. The molecule has 2 fully saturated rings. The third-order valence-corrected chi connectivity index (χ3v) is 4.26. The Balaban J connectivity index is 1.93. The molecule has 0 aromatic carbocycles. The summed E-state index contributed by atoms with van der Waals surface area (Å²) in [5, 5.41) is 3.44. The molecule has 2 aliphatic rings. The molecule has 4 atom stereocenters. The summed E-state index contributed by atoms with van der Waals surface area (Å²) in [6.45, 7) is 2.38. The summed E-state index contributed by atoms with van der Waals surface area (Å²) in [6.07, 6.45) is 5.04. The van der Waals surface area contributed by atoms with Crippen molar-refractivity contribution in [3.8, 4) is 0 Å². The van der Waals surface area contributed by atoms with E-state index in [1.54, 1.807) is 0 Å². The second-order valence-corrected chi connectivity index (χ2v) is 5.19. The van der Waals surface area contributed by atoms with Gasteiger partial charge in [0, 0.05) is 5.66 Å². The van der Waals surface area contributed by atoms with E-state index in [2.05, 4.69) is 5.32 Å². The lowest BCUT2D eigenvalue weighted by Crippen LogP contribution is -2.40. The van der Waals surface area contributed by atoms with Crippen molar-refractivity contribution in [3.05, 3.63) is 0 Å². The van der Waals surface area contributed by atoms with Crippen LogP contribution in [0.3, 0.4) is 0 Å². The lowest BCUT2D eigenvalue weighted by Gasteiger charge is -2.37. The summed E-state index contributed by atoms with van der Waals surface area (Å²) in [5.74, 6) is 1.78. The Labute approximate surface area is 75.3 Å². The number of piperidine rings is 1. The molecule has 1 saturated carbocycles. The smallest absolute Gasteiger partial charge is 0.0612 e. The van der Waals surface area contributed by atoms with Gasteiger partial charge in [-0.2, -0.15) is 0 Å². The van der Waals surface area contributed by atoms with Gasteiger partial charge in [-0.25, -0.2) is 0 Å². The van der Waals surface area contributed by atoms with Gasteiger partial charge in [0.1, 0.15) is 0 Å². The molecule has 12 heavy (non-hydrogen) atoms. The molecule has 3 heteroatoms. The molecular formula is C9H17NOP. The van der Waals surface area contributed by atoms with Crippen molar-refractivity contribution < 1.29 is 4.57 Å². The highest BCUT2D eigenvalue weighted by atomic mass is 31.1. The van der Waals surface area contributed by atoms with E-state index in [4.69, 9.17) is 0 Å². The van der Waals surface area contributed by atoms with Gasteiger partial charge in [-0.05, 0) is 50.6 Å². The Morgan fingerprint density at radius 1 is 1.17 bits per heavy atom. The molecule has 2 rings (SSSR count). The van der Waals surface area contributed by atoms with E-state index in [1.165, 1.54) is 38.8 Å². The molecule has 0 aromatic heterocycles. The number of rotatable bonds is 1. The van der Waals surface area contributed by atoms with Gasteiger partial charge in [-0.1, -0.05) is 0 Å². The molecule has 1 aliphatic carbocycles. The molecule has 1 aliphatic heterocycles. The molecule has 4 unspecified atom stereocenters. The molecule has 1 heterocycles. The lowest BCUT2D eigenvalue weighted by molar-refractivity contribution is 0.188. The lowest BCUT2D eigenvalue weighted by atomic mass is 9.75. The van der Waals surface area contributed by atoms with Gasteiger partial charge in [0.2, 0.25) is 0 Å². The predicted molar refractivity (Wildman–Crippen MR) is 51.1 cm³/mol. The van der Waals surface area contributed by atoms with Crippen LogP contribution in [0, 0.1) is 11.8 Å². The maximum Gasteiger partial charge on any atom is 0.0612 e. The zero-order chi connectivity index (χ0) is 8.39. The van der Waals surface area contributed by atoms with Crippen LogP contribution in [0.15, 0.2) is 0 Å². The largest absolute Gasteiger partial charge is 0.316 e. The van der Waals surface area contributed by atoms with Crippen molar-refractivity contribution in [2.75, 3.05) is 13.1 Å². The van der Waals surface area contributed by atoms with E-state index in [1.807, 2.05) is 0 Å². The Morgan fingerprint density at radius 2 is 2.08 bits per heavy atom. The van der Waals surface area contributed by atoms with Gasteiger partial charge in [-0.15, -0.1) is 0 Å². The number of hydrogen-bond acceptors (Lipinski definition) is 2. The second-order valence-electron chi connectivity index (χ2n) is 4.14. The van der Waals surface area contributed by atoms with Crippen LogP contribution < -0.4 is 5.32 Å². The topological polar surface area (TPSA) is 29.1 Å². The van der Waals surface area contributed by atoms with E-state index in [0.717, 1.165) is 11.8 Å². The minimum Gasteiger partial charge on any atom is -0.316 e. The molecule has 69 valence electrons. The Bertz CT molecular complexity index is 174. The average Bonchev–Trinajstić information content (AvgIpc) is 2.17. The van der Waals surface area contributed by atoms with Gasteiger partial charge in [-0.3, -0.25) is 4.57 Å². The van der Waals surface area contributed by atoms with Crippen LogP contribution in [0.1, 0.15) is 25.7 Å². The fourth-order valence-corrected chi connectivity index (χ4v) is 3.31. The standard InChI is InChI=1S/C9H17NOP/c11-12-9-2-1-8-6-10-4-3-7(8)5-9/h7-10,12H,1-6H2. The molecular weight excluding hydrogens is 169 g/mol. The fourth-order valence-electron chi connectivity index (χ4n) is 2.63. The fraction of sp³-hybridized carbons (Fsp3) is 1.00. The number of nitrogens with one attached hydrogen (secondary N) is 1. The highest BCUT2D eigenvalue weighted by molar-refractivity contribution is 7.24. The molecule has 1 radical (unpaired) electrons. The first-order valence-electron chi connectivity index (χ1n) is 4.98. The van der Waals surface area contributed by atoms with Gasteiger partial charge >= 0.3 is 0 Å². The highest BCUT2D eigenvalue weighted by Gasteiger charge is 2.31. The SMILES string of the molecule is O=[PH]C1CCC2CNCCC2C1. The summed E-state index contributed by atoms with van der Waals surface area (Å²) < 4.78 is 10.8. The van der Waals surface area contributed by atoms with Gasteiger partial charge in [0.15, 0.2) is 0 Å². The Kier molecular flexibility index (Phi) is 2.77. The van der Waals surface area contributed by atoms with E-state index in [0.29, 0.717) is 5.66 Å². The summed E-state index contributed by atoms with van der Waals surface area (Å²) in [7, 11) is -0.0592. The molecule has 0 aromatic rings. The summed E-state index contributed by atoms with van der Waals surface area (Å²) >= 11 is 0. The zero-order valence-corrected chi connectivity index (χ0v) is 8.38. The maximum absolute atomic E-state index is 10.8. The maximum atomic E-state index is 10.8. The van der Waals surface area contributed by atoms with Crippen LogP contribution in [0.4, 0.5) is 0 Å². The van der Waals surface area contributed by atoms with Crippen LogP contribution in [0.25, 0.3) is 0 Å². The minimum atomic E-state index is -0.0592. The van der Waals surface area contributed by atoms with Crippen LogP contribution in [-0.4, -0.2) is 18.7 Å². The summed E-state index contributed by atoms with van der Waals surface area (Å²) in [5.41, 5.74) is 0.532. The third kappa shape index (κ3) is 1.70. The third-order valence-electron chi connectivity index (χ3n) is 3.40. The number of hydrogen-bond donors (Lipinski definition) is 1. The molecule has 2 nitrogen and oxygen atoms in total. The predicted octanol–water partition coefficient (Wildman–Crippen LogP) is 1.79. The van der Waals surface area contributed by atoms with E-state index in [-0.39, 0.29) is 8.46 Å².